The van der Waals surface area contributed by atoms with Crippen LogP contribution in [0.2, 0.25) is 0 Å². The number of hydrogen-bond donors (Lipinski definition) is 2. The number of nitrogens with zero attached hydrogens (tertiary/aromatic N) is 1. The van der Waals surface area contributed by atoms with E-state index in [1.165, 1.54) is 42.5 Å². The Hall–Kier alpha value is -3.07. The molecule has 2 heterocycles. The van der Waals surface area contributed by atoms with Gasteiger partial charge in [-0.05, 0) is 36.2 Å². The number of halogens is 1. The lowest BCUT2D eigenvalue weighted by Gasteiger charge is -2.25. The second-order valence-electron chi connectivity index (χ2n) is 6.69. The summed E-state index contributed by atoms with van der Waals surface area (Å²) in [5, 5.41) is 5.31. The molecule has 0 saturated carbocycles. The first-order valence-corrected chi connectivity index (χ1v) is 9.85. The molecule has 1 aliphatic heterocycles. The van der Waals surface area contributed by atoms with Crippen molar-refractivity contribution in [2.24, 2.45) is 0 Å². The number of imide groups is 1. The molecule has 0 radical (unpaired) electrons. The Morgan fingerprint density at radius 2 is 1.86 bits per heavy atom. The predicted octanol–water partition coefficient (Wildman–Crippen LogP) is 2.56. The molecule has 2 aromatic rings. The molecular weight excluding hydrogens is 397 g/mol. The van der Waals surface area contributed by atoms with Gasteiger partial charge in [0.1, 0.15) is 11.4 Å². The van der Waals surface area contributed by atoms with Gasteiger partial charge in [-0.15, -0.1) is 11.3 Å². The molecule has 1 aromatic heterocycles. The Labute approximate surface area is 170 Å². The van der Waals surface area contributed by atoms with Gasteiger partial charge in [0.2, 0.25) is 5.91 Å². The molecule has 0 bridgehead atoms. The molecule has 1 saturated heterocycles. The summed E-state index contributed by atoms with van der Waals surface area (Å²) in [6, 6.07) is 8.02. The number of carbonyl (C=O) groups excluding carboxylic acids is 4. The first-order valence-electron chi connectivity index (χ1n) is 9.03. The third-order valence-corrected chi connectivity index (χ3v) is 5.92. The van der Waals surface area contributed by atoms with Crippen LogP contribution in [0.4, 0.5) is 9.18 Å². The molecule has 1 atom stereocenters. The molecule has 0 unspecified atom stereocenters. The summed E-state index contributed by atoms with van der Waals surface area (Å²) < 4.78 is 13.3. The fourth-order valence-corrected chi connectivity index (χ4v) is 4.08. The number of benzene rings is 1. The van der Waals surface area contributed by atoms with Gasteiger partial charge in [0, 0.05) is 11.8 Å². The number of urea groups is 1. The van der Waals surface area contributed by atoms with Crippen LogP contribution in [-0.2, 0) is 21.7 Å². The SMILES string of the molecule is CC[C@]1(c2ccc(F)cc2)NC(=O)N(CC(=O)c2ccc(CNC(C)=O)s2)C1=O. The lowest BCUT2D eigenvalue weighted by atomic mass is 9.87. The van der Waals surface area contributed by atoms with Crippen molar-refractivity contribution in [2.45, 2.75) is 32.4 Å². The maximum atomic E-state index is 13.3. The molecule has 1 aromatic carbocycles. The van der Waals surface area contributed by atoms with Gasteiger partial charge in [0.15, 0.2) is 5.78 Å². The van der Waals surface area contributed by atoms with Crippen molar-refractivity contribution in [1.29, 1.82) is 0 Å². The van der Waals surface area contributed by atoms with Crippen LogP contribution in [0, 0.1) is 5.82 Å². The maximum absolute atomic E-state index is 13.3. The van der Waals surface area contributed by atoms with Gasteiger partial charge in [0.05, 0.1) is 18.0 Å². The minimum Gasteiger partial charge on any atom is -0.351 e. The smallest absolute Gasteiger partial charge is 0.325 e. The molecule has 7 nitrogen and oxygen atoms in total. The molecule has 4 amide bonds. The number of thiophene rings is 1. The number of amides is 4. The normalized spacial score (nSPS) is 18.7. The molecule has 0 aliphatic carbocycles. The third kappa shape index (κ3) is 4.04. The van der Waals surface area contributed by atoms with Crippen LogP contribution in [0.1, 0.15) is 40.4 Å². The van der Waals surface area contributed by atoms with Crippen molar-refractivity contribution >= 4 is 35.0 Å². The average molecular weight is 417 g/mol. The van der Waals surface area contributed by atoms with Gasteiger partial charge in [-0.25, -0.2) is 9.18 Å². The molecule has 152 valence electrons. The third-order valence-electron chi connectivity index (χ3n) is 4.79. The second-order valence-corrected chi connectivity index (χ2v) is 7.85. The van der Waals surface area contributed by atoms with Gasteiger partial charge < -0.3 is 10.6 Å². The predicted molar refractivity (Wildman–Crippen MR) is 105 cm³/mol. The van der Waals surface area contributed by atoms with Gasteiger partial charge in [-0.3, -0.25) is 19.3 Å². The van der Waals surface area contributed by atoms with Crippen molar-refractivity contribution in [3.8, 4) is 0 Å². The van der Waals surface area contributed by atoms with E-state index in [1.807, 2.05) is 0 Å². The largest absolute Gasteiger partial charge is 0.351 e. The molecular formula is C20H20FN3O4S. The summed E-state index contributed by atoms with van der Waals surface area (Å²) in [6.07, 6.45) is 0.258. The highest BCUT2D eigenvalue weighted by Crippen LogP contribution is 2.32. The number of carbonyl (C=O) groups is 4. The van der Waals surface area contributed by atoms with Gasteiger partial charge in [0.25, 0.3) is 5.91 Å². The van der Waals surface area contributed by atoms with Crippen LogP contribution >= 0.6 is 11.3 Å². The van der Waals surface area contributed by atoms with Crippen LogP contribution in [0.3, 0.4) is 0 Å². The van der Waals surface area contributed by atoms with E-state index in [2.05, 4.69) is 10.6 Å². The van der Waals surface area contributed by atoms with E-state index in [-0.39, 0.29) is 18.1 Å². The molecule has 2 N–H and O–H groups in total. The molecule has 29 heavy (non-hydrogen) atoms. The summed E-state index contributed by atoms with van der Waals surface area (Å²) in [5.74, 6) is -1.54. The van der Waals surface area contributed by atoms with Crippen LogP contribution in [0.5, 0.6) is 0 Å². The highest BCUT2D eigenvalue weighted by Gasteiger charge is 2.51. The Morgan fingerprint density at radius 1 is 1.17 bits per heavy atom. The van der Waals surface area contributed by atoms with Crippen LogP contribution in [0.15, 0.2) is 36.4 Å². The molecule has 9 heteroatoms. The number of ketones is 1. The van der Waals surface area contributed by atoms with Crippen molar-refractivity contribution < 1.29 is 23.6 Å². The van der Waals surface area contributed by atoms with E-state index in [0.717, 1.165) is 9.78 Å². The summed E-state index contributed by atoms with van der Waals surface area (Å²) in [6.45, 7) is 3.05. The van der Waals surface area contributed by atoms with E-state index in [0.29, 0.717) is 17.0 Å². The summed E-state index contributed by atoms with van der Waals surface area (Å²) in [4.78, 5) is 51.2. The van der Waals surface area contributed by atoms with Crippen LogP contribution < -0.4 is 10.6 Å². The molecule has 1 aliphatic rings. The summed E-state index contributed by atoms with van der Waals surface area (Å²) in [5.41, 5.74) is -0.861. The van der Waals surface area contributed by atoms with Gasteiger partial charge in [-0.1, -0.05) is 19.1 Å². The van der Waals surface area contributed by atoms with E-state index >= 15 is 0 Å². The Morgan fingerprint density at radius 3 is 2.48 bits per heavy atom. The highest BCUT2D eigenvalue weighted by molar-refractivity contribution is 7.14. The van der Waals surface area contributed by atoms with E-state index in [1.54, 1.807) is 19.1 Å². The highest BCUT2D eigenvalue weighted by atomic mass is 32.1. The topological polar surface area (TPSA) is 95.6 Å². The quantitative estimate of drug-likeness (QED) is 0.535. The number of nitrogens with one attached hydrogen (secondary N) is 2. The maximum Gasteiger partial charge on any atom is 0.325 e. The zero-order chi connectivity index (χ0) is 21.2. The van der Waals surface area contributed by atoms with E-state index in [4.69, 9.17) is 0 Å². The Bertz CT molecular complexity index is 972. The summed E-state index contributed by atoms with van der Waals surface area (Å²) in [7, 11) is 0. The fraction of sp³-hybridized carbons (Fsp3) is 0.300. The molecule has 3 rings (SSSR count). The van der Waals surface area contributed by atoms with Crippen molar-refractivity contribution in [3.63, 3.8) is 0 Å². The van der Waals surface area contributed by atoms with E-state index in [9.17, 15) is 23.6 Å². The van der Waals surface area contributed by atoms with Gasteiger partial charge in [-0.2, -0.15) is 0 Å². The Balaban J connectivity index is 1.77. The van der Waals surface area contributed by atoms with Crippen LogP contribution in [0.25, 0.3) is 0 Å². The minimum absolute atomic E-state index is 0.178. The monoisotopic (exact) mass is 417 g/mol. The van der Waals surface area contributed by atoms with Gasteiger partial charge >= 0.3 is 6.03 Å². The lowest BCUT2D eigenvalue weighted by molar-refractivity contribution is -0.131. The molecule has 0 spiro atoms. The zero-order valence-corrected chi connectivity index (χ0v) is 16.8. The average Bonchev–Trinajstić information content (AvgIpc) is 3.26. The number of rotatable bonds is 7. The standard InChI is InChI=1S/C20H20FN3O4S/c1-3-20(13-4-6-14(21)7-5-13)18(27)24(19(28)23-20)11-16(26)17-9-8-15(29-17)10-22-12(2)25/h4-9H,3,10-11H2,1-2H3,(H,22,25)(H,23,28)/t20-/m1/s1. The van der Waals surface area contributed by atoms with Crippen LogP contribution in [-0.4, -0.2) is 35.1 Å². The number of Topliss-reactive ketones (excluding diaryl/α,β-unsaturated/α-hetero) is 1. The minimum atomic E-state index is -1.32. The zero-order valence-electron chi connectivity index (χ0n) is 16.0. The lowest BCUT2D eigenvalue weighted by Crippen LogP contribution is -2.43. The molecule has 1 fully saturated rings. The van der Waals surface area contributed by atoms with Crippen molar-refractivity contribution in [3.05, 3.63) is 57.5 Å². The Kier molecular flexibility index (Phi) is 5.78. The van der Waals surface area contributed by atoms with E-state index < -0.39 is 29.8 Å². The fourth-order valence-electron chi connectivity index (χ4n) is 3.20. The second kappa shape index (κ2) is 8.12. The number of hydrogen-bond acceptors (Lipinski definition) is 5. The first kappa shape index (κ1) is 20.7. The van der Waals surface area contributed by atoms with Crippen molar-refractivity contribution in [1.82, 2.24) is 15.5 Å². The first-order chi connectivity index (χ1) is 13.8. The van der Waals surface area contributed by atoms with Crippen molar-refractivity contribution in [2.75, 3.05) is 6.54 Å². The summed E-state index contributed by atoms with van der Waals surface area (Å²) >= 11 is 1.20.